The van der Waals surface area contributed by atoms with Gasteiger partial charge in [0, 0.05) is 36.4 Å². The lowest BCUT2D eigenvalue weighted by Crippen LogP contribution is -2.58. The second-order valence-corrected chi connectivity index (χ2v) is 17.0. The Kier molecular flexibility index (Phi) is 5.24. The minimum absolute atomic E-state index is 0.131. The van der Waals surface area contributed by atoms with Crippen LogP contribution in [0.1, 0.15) is 96.0 Å². The van der Waals surface area contributed by atoms with E-state index in [0.29, 0.717) is 5.54 Å². The van der Waals surface area contributed by atoms with Gasteiger partial charge in [-0.1, -0.05) is 46.9 Å². The molecule has 3 heteroatoms. The van der Waals surface area contributed by atoms with Crippen molar-refractivity contribution in [3.63, 3.8) is 0 Å². The molecule has 0 aromatic heterocycles. The van der Waals surface area contributed by atoms with Crippen LogP contribution in [0.4, 0.5) is 0 Å². The highest BCUT2D eigenvalue weighted by atomic mass is 28.3. The third kappa shape index (κ3) is 3.85. The third-order valence-electron chi connectivity index (χ3n) is 7.26. The average molecular weight is 413 g/mol. The summed E-state index contributed by atoms with van der Waals surface area (Å²) in [5.74, 6) is 0. The van der Waals surface area contributed by atoms with Crippen LogP contribution in [0.15, 0.2) is 17.7 Å². The van der Waals surface area contributed by atoms with Crippen LogP contribution in [-0.2, 0) is 10.8 Å². The molecule has 0 saturated carbocycles. The van der Waals surface area contributed by atoms with Crippen LogP contribution in [-0.4, -0.2) is 32.8 Å². The molecule has 0 fully saturated rings. The highest BCUT2D eigenvalue weighted by Gasteiger charge is 2.46. The molecular formula is C26H44N2Si. The molecule has 2 aliphatic rings. The minimum Gasteiger partial charge on any atom is -0.377 e. The van der Waals surface area contributed by atoms with Gasteiger partial charge in [-0.2, -0.15) is 0 Å². The van der Waals surface area contributed by atoms with Gasteiger partial charge >= 0.3 is 0 Å². The van der Waals surface area contributed by atoms with Gasteiger partial charge in [-0.3, -0.25) is 0 Å². The summed E-state index contributed by atoms with van der Waals surface area (Å²) in [5.41, 5.74) is 10.4. The summed E-state index contributed by atoms with van der Waals surface area (Å²) in [4.78, 5) is 6.42. The Morgan fingerprint density at radius 2 is 1.45 bits per heavy atom. The molecule has 29 heavy (non-hydrogen) atoms. The number of nitrogens with one attached hydrogen (secondary N) is 1. The SMILES string of the molecule is CC1=C(N(C)C)c2cc3c(cc2C1[Si](C)(C)NC(C)(C)C)C(C)(C)CCC3(C)C. The molecule has 162 valence electrons. The predicted octanol–water partition coefficient (Wildman–Crippen LogP) is 6.56. The van der Waals surface area contributed by atoms with Gasteiger partial charge in [0.2, 0.25) is 0 Å². The zero-order valence-corrected chi connectivity index (χ0v) is 22.1. The van der Waals surface area contributed by atoms with Crippen molar-refractivity contribution < 1.29 is 0 Å². The molecule has 1 aromatic carbocycles. The molecule has 0 spiro atoms. The highest BCUT2D eigenvalue weighted by Crippen LogP contribution is 2.53. The van der Waals surface area contributed by atoms with Crippen molar-refractivity contribution in [2.75, 3.05) is 14.1 Å². The minimum atomic E-state index is -1.77. The van der Waals surface area contributed by atoms with Crippen molar-refractivity contribution in [1.29, 1.82) is 0 Å². The van der Waals surface area contributed by atoms with E-state index in [1.165, 1.54) is 24.1 Å². The van der Waals surface area contributed by atoms with Crippen molar-refractivity contribution in [2.24, 2.45) is 0 Å². The molecule has 2 aliphatic carbocycles. The molecule has 0 aliphatic heterocycles. The second kappa shape index (κ2) is 6.72. The second-order valence-electron chi connectivity index (χ2n) is 12.7. The smallest absolute Gasteiger partial charge is 0.131 e. The maximum Gasteiger partial charge on any atom is 0.131 e. The van der Waals surface area contributed by atoms with Crippen molar-refractivity contribution >= 4 is 13.9 Å². The summed E-state index contributed by atoms with van der Waals surface area (Å²) < 4.78 is 0. The molecule has 1 unspecified atom stereocenters. The number of rotatable bonds is 3. The van der Waals surface area contributed by atoms with Crippen molar-refractivity contribution in [3.05, 3.63) is 40.0 Å². The van der Waals surface area contributed by atoms with Gasteiger partial charge in [0.15, 0.2) is 0 Å². The van der Waals surface area contributed by atoms with E-state index >= 15 is 0 Å². The molecule has 0 saturated heterocycles. The fraction of sp³-hybridized carbons (Fsp3) is 0.692. The Morgan fingerprint density at radius 1 is 0.966 bits per heavy atom. The van der Waals surface area contributed by atoms with Gasteiger partial charge < -0.3 is 9.88 Å². The molecule has 0 radical (unpaired) electrons. The van der Waals surface area contributed by atoms with Gasteiger partial charge in [0.25, 0.3) is 0 Å². The quantitative estimate of drug-likeness (QED) is 0.566. The molecular weight excluding hydrogens is 368 g/mol. The van der Waals surface area contributed by atoms with E-state index in [4.69, 9.17) is 0 Å². The number of nitrogens with zero attached hydrogens (tertiary/aromatic N) is 1. The zero-order chi connectivity index (χ0) is 22.2. The maximum absolute atomic E-state index is 4.07. The van der Waals surface area contributed by atoms with Crippen molar-refractivity contribution in [2.45, 2.75) is 103 Å². The van der Waals surface area contributed by atoms with Gasteiger partial charge in [0.1, 0.15) is 8.24 Å². The van der Waals surface area contributed by atoms with E-state index in [-0.39, 0.29) is 16.4 Å². The lowest BCUT2D eigenvalue weighted by molar-refractivity contribution is 0.331. The van der Waals surface area contributed by atoms with Crippen LogP contribution in [0, 0.1) is 0 Å². The van der Waals surface area contributed by atoms with E-state index < -0.39 is 8.24 Å². The first-order valence-electron chi connectivity index (χ1n) is 11.3. The van der Waals surface area contributed by atoms with Crippen LogP contribution < -0.4 is 4.98 Å². The van der Waals surface area contributed by atoms with Crippen LogP contribution in [0.25, 0.3) is 5.70 Å². The first-order valence-corrected chi connectivity index (χ1v) is 14.4. The first-order chi connectivity index (χ1) is 13.0. The largest absolute Gasteiger partial charge is 0.377 e. The molecule has 1 N–H and O–H groups in total. The molecule has 0 bridgehead atoms. The highest BCUT2D eigenvalue weighted by molar-refractivity contribution is 6.77. The summed E-state index contributed by atoms with van der Waals surface area (Å²) >= 11 is 0. The van der Waals surface area contributed by atoms with Gasteiger partial charge in [-0.05, 0) is 79.7 Å². The fourth-order valence-electron chi connectivity index (χ4n) is 6.22. The van der Waals surface area contributed by atoms with Crippen LogP contribution >= 0.6 is 0 Å². The van der Waals surface area contributed by atoms with E-state index in [0.717, 1.165) is 0 Å². The summed E-state index contributed by atoms with van der Waals surface area (Å²) in [5, 5.41) is 0. The average Bonchev–Trinajstić information content (AvgIpc) is 2.80. The molecule has 0 heterocycles. The third-order valence-corrected chi connectivity index (χ3v) is 10.8. The molecule has 2 nitrogen and oxygen atoms in total. The zero-order valence-electron chi connectivity index (χ0n) is 21.1. The first kappa shape index (κ1) is 22.6. The summed E-state index contributed by atoms with van der Waals surface area (Å²) in [6.45, 7) is 24.1. The molecule has 1 aromatic rings. The maximum atomic E-state index is 4.07. The van der Waals surface area contributed by atoms with Crippen LogP contribution in [0.5, 0.6) is 0 Å². The van der Waals surface area contributed by atoms with E-state index in [2.05, 4.69) is 105 Å². The Bertz CT molecular complexity index is 850. The monoisotopic (exact) mass is 412 g/mol. The lowest BCUT2D eigenvalue weighted by Gasteiger charge is -2.43. The van der Waals surface area contributed by atoms with Gasteiger partial charge in [-0.25, -0.2) is 0 Å². The molecule has 3 rings (SSSR count). The van der Waals surface area contributed by atoms with E-state index in [1.807, 2.05) is 0 Å². The lowest BCUT2D eigenvalue weighted by atomic mass is 9.62. The number of allylic oxidation sites excluding steroid dienone is 1. The number of hydrogen-bond acceptors (Lipinski definition) is 2. The summed E-state index contributed by atoms with van der Waals surface area (Å²) in [7, 11) is 2.66. The predicted molar refractivity (Wildman–Crippen MR) is 131 cm³/mol. The summed E-state index contributed by atoms with van der Waals surface area (Å²) in [6.07, 6.45) is 2.53. The van der Waals surface area contributed by atoms with Crippen molar-refractivity contribution in [3.8, 4) is 0 Å². The number of benzene rings is 1. The topological polar surface area (TPSA) is 15.3 Å². The van der Waals surface area contributed by atoms with Gasteiger partial charge in [-0.15, -0.1) is 0 Å². The van der Waals surface area contributed by atoms with E-state index in [1.54, 1.807) is 22.3 Å². The Morgan fingerprint density at radius 3 is 1.90 bits per heavy atom. The Labute approximate surface area is 181 Å². The number of fused-ring (bicyclic) bond motifs is 2. The Hall–Kier alpha value is -1.06. The molecule has 0 amide bonds. The summed E-state index contributed by atoms with van der Waals surface area (Å²) in [6, 6.07) is 5.20. The fourth-order valence-corrected chi connectivity index (χ4v) is 10.5. The van der Waals surface area contributed by atoms with Crippen molar-refractivity contribution in [1.82, 2.24) is 9.88 Å². The van der Waals surface area contributed by atoms with Crippen LogP contribution in [0.2, 0.25) is 13.1 Å². The number of hydrogen-bond donors (Lipinski definition) is 1. The standard InChI is InChI=1S/C26H44N2Si/c1-17-22(28(9)10)18-15-20-21(26(7,8)14-13-25(20,5)6)16-19(18)23(17)29(11,12)27-24(2,3)4/h15-16,23,27H,13-14H2,1-12H3. The Balaban J connectivity index is 2.28. The molecule has 1 atom stereocenters. The van der Waals surface area contributed by atoms with E-state index in [9.17, 15) is 0 Å². The van der Waals surface area contributed by atoms with Crippen LogP contribution in [0.3, 0.4) is 0 Å². The van der Waals surface area contributed by atoms with Gasteiger partial charge in [0.05, 0.1) is 0 Å². The normalized spacial score (nSPS) is 23.1.